The quantitative estimate of drug-likeness (QED) is 0.332. The monoisotopic (exact) mass is 421 g/mol. The van der Waals surface area contributed by atoms with Crippen molar-refractivity contribution >= 4 is 28.1 Å². The lowest BCUT2D eigenvalue weighted by atomic mass is 10.1. The van der Waals surface area contributed by atoms with Gasteiger partial charge in [-0.3, -0.25) is 9.20 Å². The number of thioether (sulfide) groups is 1. The van der Waals surface area contributed by atoms with Crippen molar-refractivity contribution in [2.24, 2.45) is 0 Å². The largest absolute Gasteiger partial charge is 0.302 e. The number of nitrogens with zero attached hydrogens (tertiary/aromatic N) is 5. The summed E-state index contributed by atoms with van der Waals surface area (Å²) < 4.78 is 3.70. The number of hydrogen-bond acceptors (Lipinski definition) is 6. The molecule has 0 saturated heterocycles. The molecule has 1 aliphatic rings. The fraction of sp³-hybridized carbons (Fsp3) is 0.238. The van der Waals surface area contributed by atoms with Crippen LogP contribution in [0.25, 0.3) is 4.96 Å². The summed E-state index contributed by atoms with van der Waals surface area (Å²) in [6, 6.07) is 12.2. The van der Waals surface area contributed by atoms with E-state index in [-0.39, 0.29) is 5.56 Å². The number of rotatable bonds is 7. The van der Waals surface area contributed by atoms with Gasteiger partial charge >= 0.3 is 0 Å². The predicted molar refractivity (Wildman–Crippen MR) is 116 cm³/mol. The van der Waals surface area contributed by atoms with E-state index in [1.165, 1.54) is 16.9 Å². The summed E-state index contributed by atoms with van der Waals surface area (Å²) in [6.07, 6.45) is 4.72. The molecule has 6 nitrogen and oxygen atoms in total. The van der Waals surface area contributed by atoms with Crippen molar-refractivity contribution < 1.29 is 0 Å². The fourth-order valence-corrected chi connectivity index (χ4v) is 5.22. The van der Waals surface area contributed by atoms with E-state index in [0.29, 0.717) is 29.1 Å². The van der Waals surface area contributed by atoms with E-state index >= 15 is 0 Å². The fourth-order valence-electron chi connectivity index (χ4n) is 3.63. The number of fused-ring (bicyclic) bond motifs is 1. The molecule has 3 aromatic heterocycles. The lowest BCUT2D eigenvalue weighted by Crippen LogP contribution is -2.12. The van der Waals surface area contributed by atoms with Crippen molar-refractivity contribution in [2.75, 3.05) is 0 Å². The first kappa shape index (κ1) is 18.3. The molecule has 3 heterocycles. The number of hydrogen-bond donors (Lipinski definition) is 0. The Morgan fingerprint density at radius 2 is 2.10 bits per heavy atom. The molecule has 8 heteroatoms. The maximum absolute atomic E-state index is 12.2. The Bertz CT molecular complexity index is 1230. The normalized spacial score (nSPS) is 18.2. The second-order valence-corrected chi connectivity index (χ2v) is 8.84. The minimum absolute atomic E-state index is 0.0521. The lowest BCUT2D eigenvalue weighted by Gasteiger charge is -2.07. The second kappa shape index (κ2) is 7.61. The van der Waals surface area contributed by atoms with Gasteiger partial charge in [0.1, 0.15) is 5.82 Å². The lowest BCUT2D eigenvalue weighted by molar-refractivity contribution is 0.677. The van der Waals surface area contributed by atoms with Crippen LogP contribution in [0.3, 0.4) is 0 Å². The Morgan fingerprint density at radius 3 is 2.93 bits per heavy atom. The molecule has 2 unspecified atom stereocenters. The van der Waals surface area contributed by atoms with Crippen molar-refractivity contribution in [3.63, 3.8) is 0 Å². The molecule has 4 aromatic rings. The Labute approximate surface area is 176 Å². The molecule has 1 saturated carbocycles. The molecule has 0 N–H and O–H groups in total. The van der Waals surface area contributed by atoms with Crippen LogP contribution in [0.1, 0.15) is 35.3 Å². The van der Waals surface area contributed by atoms with Gasteiger partial charge in [-0.25, -0.2) is 4.98 Å². The number of thiazole rings is 1. The zero-order chi connectivity index (χ0) is 19.8. The van der Waals surface area contributed by atoms with Crippen LogP contribution >= 0.6 is 23.1 Å². The van der Waals surface area contributed by atoms with Gasteiger partial charge in [0.15, 0.2) is 10.1 Å². The van der Waals surface area contributed by atoms with Crippen LogP contribution in [-0.2, 0) is 12.3 Å². The summed E-state index contributed by atoms with van der Waals surface area (Å²) in [5.74, 6) is 2.49. The highest BCUT2D eigenvalue weighted by molar-refractivity contribution is 7.98. The predicted octanol–water partition coefficient (Wildman–Crippen LogP) is 4.10. The van der Waals surface area contributed by atoms with Crippen molar-refractivity contribution in [3.05, 3.63) is 88.1 Å². The van der Waals surface area contributed by atoms with Crippen LogP contribution in [0.4, 0.5) is 0 Å². The molecular formula is C21H19N5OS2. The third-order valence-electron chi connectivity index (χ3n) is 5.11. The average molecular weight is 422 g/mol. The molecule has 1 aliphatic carbocycles. The maximum Gasteiger partial charge on any atom is 0.258 e. The molecule has 0 spiro atoms. The highest BCUT2D eigenvalue weighted by atomic mass is 32.2. The van der Waals surface area contributed by atoms with Gasteiger partial charge in [0.25, 0.3) is 5.56 Å². The highest BCUT2D eigenvalue weighted by Gasteiger charge is 2.43. The molecule has 0 radical (unpaired) electrons. The van der Waals surface area contributed by atoms with E-state index in [4.69, 9.17) is 0 Å². The second-order valence-electron chi connectivity index (χ2n) is 7.03. The van der Waals surface area contributed by atoms with Gasteiger partial charge in [-0.15, -0.1) is 28.1 Å². The first-order chi connectivity index (χ1) is 14.2. The molecular weight excluding hydrogens is 402 g/mol. The molecule has 5 rings (SSSR count). The Hall–Kier alpha value is -2.71. The SMILES string of the molecule is C=CCn1c(SCc2cc(=O)n3ccsc3n2)nnc1C1CC1c1ccccc1. The van der Waals surface area contributed by atoms with E-state index in [1.54, 1.807) is 28.4 Å². The standard InChI is InChI=1S/C21H19N5OS2/c1-2-8-26-19(17-12-16(17)14-6-4-3-5-7-14)23-24-21(26)29-13-15-11-18(27)25-9-10-28-20(25)22-15/h2-7,9-11,16-17H,1,8,12-13H2. The molecule has 0 bridgehead atoms. The van der Waals surface area contributed by atoms with Crippen molar-refractivity contribution in [2.45, 2.75) is 35.7 Å². The molecule has 1 fully saturated rings. The van der Waals surface area contributed by atoms with Gasteiger partial charge < -0.3 is 4.57 Å². The van der Waals surface area contributed by atoms with Crippen LogP contribution in [0.15, 0.2) is 70.6 Å². The summed E-state index contributed by atoms with van der Waals surface area (Å²) in [5.41, 5.74) is 2.06. The van der Waals surface area contributed by atoms with Gasteiger partial charge in [-0.05, 0) is 17.9 Å². The van der Waals surface area contributed by atoms with Crippen LogP contribution in [0, 0.1) is 0 Å². The summed E-state index contributed by atoms with van der Waals surface area (Å²) in [6.45, 7) is 4.56. The summed E-state index contributed by atoms with van der Waals surface area (Å²) in [7, 11) is 0. The molecule has 0 amide bonds. The van der Waals surface area contributed by atoms with Gasteiger partial charge in [0, 0.05) is 35.9 Å². The van der Waals surface area contributed by atoms with Crippen LogP contribution in [0.5, 0.6) is 0 Å². The zero-order valence-electron chi connectivity index (χ0n) is 15.6. The zero-order valence-corrected chi connectivity index (χ0v) is 17.3. The first-order valence-corrected chi connectivity index (χ1v) is 11.3. The van der Waals surface area contributed by atoms with Gasteiger partial charge in [0.2, 0.25) is 0 Å². The van der Waals surface area contributed by atoms with Crippen molar-refractivity contribution in [1.29, 1.82) is 0 Å². The maximum atomic E-state index is 12.2. The number of aromatic nitrogens is 5. The smallest absolute Gasteiger partial charge is 0.258 e. The number of allylic oxidation sites excluding steroid dienone is 1. The van der Waals surface area contributed by atoms with E-state index in [2.05, 4.69) is 50.6 Å². The van der Waals surface area contributed by atoms with Crippen molar-refractivity contribution in [3.8, 4) is 0 Å². The minimum atomic E-state index is -0.0521. The van der Waals surface area contributed by atoms with Gasteiger partial charge in [-0.2, -0.15) is 0 Å². The molecule has 2 atom stereocenters. The van der Waals surface area contributed by atoms with Crippen molar-refractivity contribution in [1.82, 2.24) is 24.1 Å². The van der Waals surface area contributed by atoms with Gasteiger partial charge in [-0.1, -0.05) is 48.2 Å². The molecule has 1 aromatic carbocycles. The van der Waals surface area contributed by atoms with E-state index in [1.807, 2.05) is 17.5 Å². The average Bonchev–Trinajstić information content (AvgIpc) is 3.19. The topological polar surface area (TPSA) is 65.1 Å². The third kappa shape index (κ3) is 3.54. The first-order valence-electron chi connectivity index (χ1n) is 9.42. The number of benzene rings is 1. The Balaban J connectivity index is 1.36. The molecule has 146 valence electrons. The Morgan fingerprint density at radius 1 is 1.24 bits per heavy atom. The van der Waals surface area contributed by atoms with Crippen LogP contribution in [0.2, 0.25) is 0 Å². The summed E-state index contributed by atoms with van der Waals surface area (Å²) in [5, 5.41) is 11.6. The molecule has 0 aliphatic heterocycles. The highest BCUT2D eigenvalue weighted by Crippen LogP contribution is 2.54. The van der Waals surface area contributed by atoms with Crippen LogP contribution < -0.4 is 5.56 Å². The Kier molecular flexibility index (Phi) is 4.81. The van der Waals surface area contributed by atoms with Crippen LogP contribution in [-0.4, -0.2) is 24.1 Å². The third-order valence-corrected chi connectivity index (χ3v) is 6.87. The summed E-state index contributed by atoms with van der Waals surface area (Å²) in [4.78, 5) is 17.5. The van der Waals surface area contributed by atoms with E-state index in [9.17, 15) is 4.79 Å². The summed E-state index contributed by atoms with van der Waals surface area (Å²) >= 11 is 3.02. The van der Waals surface area contributed by atoms with E-state index in [0.717, 1.165) is 23.1 Å². The van der Waals surface area contributed by atoms with Gasteiger partial charge in [0.05, 0.1) is 5.69 Å². The minimum Gasteiger partial charge on any atom is -0.302 e. The molecule has 29 heavy (non-hydrogen) atoms. The van der Waals surface area contributed by atoms with E-state index < -0.39 is 0 Å².